The third kappa shape index (κ3) is 4.18. The Morgan fingerprint density at radius 2 is 1.59 bits per heavy atom. The van der Waals surface area contributed by atoms with Gasteiger partial charge in [-0.05, 0) is 80.4 Å². The highest BCUT2D eigenvalue weighted by molar-refractivity contribution is 5.90. The van der Waals surface area contributed by atoms with Crippen LogP contribution in [0, 0.1) is 24.7 Å². The second kappa shape index (κ2) is 8.70. The van der Waals surface area contributed by atoms with E-state index >= 15 is 0 Å². The molecule has 7 rings (SSSR count). The SMILES string of the molecule is Cc1ccccc1-n1cc(C(=O)OCc2ccccc2)c(COC23CC4CC(CC(C4)C2)C3)n1. The van der Waals surface area contributed by atoms with Crippen LogP contribution in [0.25, 0.3) is 5.69 Å². The summed E-state index contributed by atoms with van der Waals surface area (Å²) in [4.78, 5) is 13.2. The van der Waals surface area contributed by atoms with E-state index in [2.05, 4.69) is 13.0 Å². The highest BCUT2D eigenvalue weighted by Crippen LogP contribution is 2.57. The molecule has 176 valence electrons. The number of benzene rings is 2. The Hall–Kier alpha value is -2.92. The maximum atomic E-state index is 13.2. The summed E-state index contributed by atoms with van der Waals surface area (Å²) in [5, 5.41) is 4.83. The number of esters is 1. The van der Waals surface area contributed by atoms with Gasteiger partial charge < -0.3 is 9.47 Å². The summed E-state index contributed by atoms with van der Waals surface area (Å²) in [7, 11) is 0. The maximum Gasteiger partial charge on any atom is 0.342 e. The van der Waals surface area contributed by atoms with E-state index in [9.17, 15) is 4.79 Å². The number of rotatable bonds is 7. The van der Waals surface area contributed by atoms with Crippen molar-refractivity contribution in [1.82, 2.24) is 9.78 Å². The van der Waals surface area contributed by atoms with Crippen LogP contribution < -0.4 is 0 Å². The van der Waals surface area contributed by atoms with Crippen LogP contribution in [0.1, 0.15) is 65.7 Å². The van der Waals surface area contributed by atoms with Crippen LogP contribution in [0.3, 0.4) is 0 Å². The Labute approximate surface area is 201 Å². The highest BCUT2D eigenvalue weighted by Gasteiger charge is 2.51. The number of aryl methyl sites for hydroxylation is 1. The first kappa shape index (κ1) is 21.6. The number of hydrogen-bond donors (Lipinski definition) is 0. The van der Waals surface area contributed by atoms with Crippen molar-refractivity contribution in [3.05, 3.63) is 83.2 Å². The van der Waals surface area contributed by atoms with Crippen LogP contribution in [0.2, 0.25) is 0 Å². The van der Waals surface area contributed by atoms with Gasteiger partial charge in [-0.1, -0.05) is 48.5 Å². The lowest BCUT2D eigenvalue weighted by Gasteiger charge is -2.56. The summed E-state index contributed by atoms with van der Waals surface area (Å²) in [5.74, 6) is 2.08. The zero-order chi connectivity index (χ0) is 23.1. The summed E-state index contributed by atoms with van der Waals surface area (Å²) in [6, 6.07) is 17.8. The van der Waals surface area contributed by atoms with Gasteiger partial charge in [0.1, 0.15) is 17.9 Å². The van der Waals surface area contributed by atoms with E-state index in [0.29, 0.717) is 17.9 Å². The number of nitrogens with zero attached hydrogens (tertiary/aromatic N) is 2. The Kier molecular flexibility index (Phi) is 5.53. The van der Waals surface area contributed by atoms with E-state index < -0.39 is 0 Å². The fraction of sp³-hybridized carbons (Fsp3) is 0.448. The van der Waals surface area contributed by atoms with Gasteiger partial charge in [0.2, 0.25) is 0 Å². The molecule has 4 fully saturated rings. The number of hydrogen-bond acceptors (Lipinski definition) is 4. The van der Waals surface area contributed by atoms with Crippen molar-refractivity contribution >= 4 is 5.97 Å². The van der Waals surface area contributed by atoms with Gasteiger partial charge in [-0.3, -0.25) is 0 Å². The predicted molar refractivity (Wildman–Crippen MR) is 130 cm³/mol. The van der Waals surface area contributed by atoms with Crippen LogP contribution in [0.5, 0.6) is 0 Å². The smallest absolute Gasteiger partial charge is 0.342 e. The molecule has 5 nitrogen and oxygen atoms in total. The minimum atomic E-state index is -0.354. The minimum absolute atomic E-state index is 0.0353. The molecule has 2 aromatic carbocycles. The summed E-state index contributed by atoms with van der Waals surface area (Å²) in [5.41, 5.74) is 4.14. The van der Waals surface area contributed by atoms with Gasteiger partial charge in [-0.25, -0.2) is 9.48 Å². The van der Waals surface area contributed by atoms with E-state index in [-0.39, 0.29) is 18.2 Å². The molecule has 4 aliphatic rings. The highest BCUT2D eigenvalue weighted by atomic mass is 16.5. The molecule has 0 atom stereocenters. The van der Waals surface area contributed by atoms with Gasteiger partial charge in [0.05, 0.1) is 17.9 Å². The molecule has 34 heavy (non-hydrogen) atoms. The molecule has 4 bridgehead atoms. The lowest BCUT2D eigenvalue weighted by atomic mass is 9.54. The van der Waals surface area contributed by atoms with Crippen molar-refractivity contribution in [2.75, 3.05) is 0 Å². The fourth-order valence-corrected chi connectivity index (χ4v) is 6.86. The molecule has 3 aromatic rings. The standard InChI is InChI=1S/C29H32N2O3/c1-20-7-5-6-10-27(20)31-17-25(28(32)33-18-21-8-3-2-4-9-21)26(30-31)19-34-29-14-22-11-23(15-29)13-24(12-22)16-29/h2-10,17,22-24H,11-16,18-19H2,1H3. The molecular weight excluding hydrogens is 424 g/mol. The molecule has 1 aromatic heterocycles. The zero-order valence-electron chi connectivity index (χ0n) is 19.8. The van der Waals surface area contributed by atoms with Crippen LogP contribution in [-0.4, -0.2) is 21.4 Å². The van der Waals surface area contributed by atoms with Crippen molar-refractivity contribution in [2.24, 2.45) is 17.8 Å². The largest absolute Gasteiger partial charge is 0.457 e. The number of para-hydroxylation sites is 1. The van der Waals surface area contributed by atoms with Gasteiger partial charge in [-0.2, -0.15) is 5.10 Å². The summed E-state index contributed by atoms with van der Waals surface area (Å²) >= 11 is 0. The number of ether oxygens (including phenoxy) is 2. The molecule has 0 spiro atoms. The number of aromatic nitrogens is 2. The first-order valence-electron chi connectivity index (χ1n) is 12.6. The van der Waals surface area contributed by atoms with Crippen molar-refractivity contribution in [2.45, 2.75) is 64.3 Å². The molecule has 0 saturated heterocycles. The van der Waals surface area contributed by atoms with Crippen molar-refractivity contribution in [3.8, 4) is 5.69 Å². The molecule has 1 heterocycles. The van der Waals surface area contributed by atoms with Crippen molar-refractivity contribution in [1.29, 1.82) is 0 Å². The number of carbonyl (C=O) groups is 1. The van der Waals surface area contributed by atoms with E-state index in [0.717, 1.165) is 53.8 Å². The Bertz CT molecular complexity index is 1150. The third-order valence-electron chi connectivity index (χ3n) is 8.08. The van der Waals surface area contributed by atoms with Crippen LogP contribution in [-0.2, 0) is 22.7 Å². The van der Waals surface area contributed by atoms with Gasteiger partial charge in [0.15, 0.2) is 0 Å². The maximum absolute atomic E-state index is 13.2. The zero-order valence-corrected chi connectivity index (χ0v) is 19.8. The second-order valence-corrected chi connectivity index (χ2v) is 10.7. The predicted octanol–water partition coefficient (Wildman–Crippen LogP) is 6.02. The van der Waals surface area contributed by atoms with Crippen LogP contribution in [0.15, 0.2) is 60.8 Å². The Balaban J connectivity index is 1.25. The van der Waals surface area contributed by atoms with E-state index in [1.807, 2.05) is 48.5 Å². The Morgan fingerprint density at radius 1 is 0.941 bits per heavy atom. The second-order valence-electron chi connectivity index (χ2n) is 10.7. The summed E-state index contributed by atoms with van der Waals surface area (Å²) < 4.78 is 14.2. The first-order chi connectivity index (χ1) is 16.6. The third-order valence-corrected chi connectivity index (χ3v) is 8.08. The summed E-state index contributed by atoms with van der Waals surface area (Å²) in [6.07, 6.45) is 9.40. The molecule has 0 N–H and O–H groups in total. The average Bonchev–Trinajstić information content (AvgIpc) is 3.26. The van der Waals surface area contributed by atoms with Gasteiger partial charge in [0.25, 0.3) is 0 Å². The molecule has 0 amide bonds. The van der Waals surface area contributed by atoms with Gasteiger partial charge >= 0.3 is 5.97 Å². The topological polar surface area (TPSA) is 53.4 Å². The van der Waals surface area contributed by atoms with Crippen LogP contribution >= 0.6 is 0 Å². The molecule has 4 aliphatic carbocycles. The molecule has 5 heteroatoms. The lowest BCUT2D eigenvalue weighted by molar-refractivity contribution is -0.169. The fourth-order valence-electron chi connectivity index (χ4n) is 6.86. The quantitative estimate of drug-likeness (QED) is 0.408. The Morgan fingerprint density at radius 3 is 2.26 bits per heavy atom. The van der Waals surface area contributed by atoms with Crippen molar-refractivity contribution in [3.63, 3.8) is 0 Å². The molecular formula is C29H32N2O3. The minimum Gasteiger partial charge on any atom is -0.457 e. The molecule has 0 aliphatic heterocycles. The van der Waals surface area contributed by atoms with E-state index in [1.54, 1.807) is 10.9 Å². The molecule has 0 unspecified atom stereocenters. The monoisotopic (exact) mass is 456 g/mol. The van der Waals surface area contributed by atoms with E-state index in [1.165, 1.54) is 19.3 Å². The molecule has 4 saturated carbocycles. The van der Waals surface area contributed by atoms with Gasteiger partial charge in [0, 0.05) is 6.20 Å². The van der Waals surface area contributed by atoms with Crippen LogP contribution in [0.4, 0.5) is 0 Å². The van der Waals surface area contributed by atoms with E-state index in [4.69, 9.17) is 14.6 Å². The summed E-state index contributed by atoms with van der Waals surface area (Å²) in [6.45, 7) is 2.64. The van der Waals surface area contributed by atoms with Gasteiger partial charge in [-0.15, -0.1) is 0 Å². The molecule has 0 radical (unpaired) electrons. The normalized spacial score (nSPS) is 27.1. The first-order valence-corrected chi connectivity index (χ1v) is 12.6. The number of carbonyl (C=O) groups excluding carboxylic acids is 1. The van der Waals surface area contributed by atoms with Crippen molar-refractivity contribution < 1.29 is 14.3 Å². The average molecular weight is 457 g/mol. The lowest BCUT2D eigenvalue weighted by Crippen LogP contribution is -2.51.